The van der Waals surface area contributed by atoms with Crippen LogP contribution in [-0.2, 0) is 14.4 Å². The van der Waals surface area contributed by atoms with Crippen LogP contribution in [0.15, 0.2) is 54.6 Å². The number of halogens is 1. The molecule has 2 heterocycles. The molecule has 0 radical (unpaired) electrons. The Kier molecular flexibility index (Phi) is 4.66. The molecule has 8 nitrogen and oxygen atoms in total. The van der Waals surface area contributed by atoms with Crippen LogP contribution in [0.25, 0.3) is 0 Å². The van der Waals surface area contributed by atoms with Gasteiger partial charge in [-0.2, -0.15) is 5.43 Å². The van der Waals surface area contributed by atoms with Crippen molar-refractivity contribution < 1.29 is 18.8 Å². The molecular weight excluding hydrogens is 365 g/mol. The van der Waals surface area contributed by atoms with Crippen molar-refractivity contribution >= 4 is 29.1 Å². The van der Waals surface area contributed by atoms with Crippen molar-refractivity contribution in [1.29, 1.82) is 0 Å². The quantitative estimate of drug-likeness (QED) is 0.761. The SMILES string of the molecule is O=C(CN1NC2N(CCN2c2ccccc2)C(=O)C1=O)Nc1cccc(F)c1. The van der Waals surface area contributed by atoms with Gasteiger partial charge in [0.15, 0.2) is 6.29 Å². The minimum atomic E-state index is -0.805. The van der Waals surface area contributed by atoms with Gasteiger partial charge in [-0.15, -0.1) is 0 Å². The number of anilines is 2. The second-order valence-electron chi connectivity index (χ2n) is 6.48. The van der Waals surface area contributed by atoms with Crippen molar-refractivity contribution in [1.82, 2.24) is 15.3 Å². The molecule has 0 bridgehead atoms. The number of hydrazine groups is 1. The molecule has 3 amide bonds. The number of benzene rings is 2. The van der Waals surface area contributed by atoms with E-state index in [1.54, 1.807) is 0 Å². The topological polar surface area (TPSA) is 85.0 Å². The zero-order valence-corrected chi connectivity index (χ0v) is 14.8. The number of carbonyl (C=O) groups is 3. The lowest BCUT2D eigenvalue weighted by Crippen LogP contribution is -2.68. The average Bonchev–Trinajstić information content (AvgIpc) is 3.10. The average molecular weight is 383 g/mol. The largest absolute Gasteiger partial charge is 0.336 e. The molecule has 1 atom stereocenters. The predicted molar refractivity (Wildman–Crippen MR) is 99.2 cm³/mol. The molecule has 28 heavy (non-hydrogen) atoms. The molecule has 0 spiro atoms. The van der Waals surface area contributed by atoms with E-state index in [9.17, 15) is 18.8 Å². The summed E-state index contributed by atoms with van der Waals surface area (Å²) in [6.45, 7) is 0.582. The summed E-state index contributed by atoms with van der Waals surface area (Å²) in [6, 6.07) is 14.9. The third kappa shape index (κ3) is 3.39. The number of amides is 3. The number of rotatable bonds is 4. The predicted octanol–water partition coefficient (Wildman–Crippen LogP) is 0.743. The van der Waals surface area contributed by atoms with Gasteiger partial charge in [-0.05, 0) is 30.3 Å². The lowest BCUT2D eigenvalue weighted by Gasteiger charge is -2.40. The van der Waals surface area contributed by atoms with Crippen molar-refractivity contribution in [2.75, 3.05) is 29.9 Å². The third-order valence-corrected chi connectivity index (χ3v) is 4.63. The Bertz CT molecular complexity index is 923. The fourth-order valence-electron chi connectivity index (χ4n) is 3.33. The number of fused-ring (bicyclic) bond motifs is 1. The number of para-hydroxylation sites is 1. The molecule has 2 saturated heterocycles. The molecule has 0 aliphatic carbocycles. The molecular formula is C19H18FN5O3. The monoisotopic (exact) mass is 383 g/mol. The van der Waals surface area contributed by atoms with Crippen LogP contribution in [-0.4, -0.2) is 53.6 Å². The van der Waals surface area contributed by atoms with E-state index in [4.69, 9.17) is 0 Å². The van der Waals surface area contributed by atoms with Gasteiger partial charge in [-0.1, -0.05) is 24.3 Å². The van der Waals surface area contributed by atoms with Gasteiger partial charge >= 0.3 is 11.8 Å². The fourth-order valence-corrected chi connectivity index (χ4v) is 3.33. The van der Waals surface area contributed by atoms with Crippen LogP contribution in [0, 0.1) is 5.82 Å². The van der Waals surface area contributed by atoms with Gasteiger partial charge in [-0.3, -0.25) is 24.3 Å². The molecule has 2 fully saturated rings. The van der Waals surface area contributed by atoms with Crippen LogP contribution >= 0.6 is 0 Å². The first-order valence-electron chi connectivity index (χ1n) is 8.79. The van der Waals surface area contributed by atoms with Gasteiger partial charge in [0.2, 0.25) is 5.91 Å². The van der Waals surface area contributed by atoms with Crippen molar-refractivity contribution in [3.63, 3.8) is 0 Å². The molecule has 1 unspecified atom stereocenters. The first-order chi connectivity index (χ1) is 13.5. The van der Waals surface area contributed by atoms with Crippen molar-refractivity contribution in [2.45, 2.75) is 6.29 Å². The van der Waals surface area contributed by atoms with Crippen LogP contribution in [0.1, 0.15) is 0 Å². The van der Waals surface area contributed by atoms with Crippen LogP contribution < -0.4 is 15.6 Å². The minimum Gasteiger partial charge on any atom is -0.336 e. The standard InChI is InChI=1S/C19H18FN5O3/c20-13-5-4-6-14(11-13)21-16(26)12-25-18(28)17(27)24-10-9-23(19(24)22-25)15-7-2-1-3-8-15/h1-8,11,19,22H,9-10,12H2,(H,21,26). The van der Waals surface area contributed by atoms with E-state index in [0.717, 1.165) is 10.7 Å². The van der Waals surface area contributed by atoms with Gasteiger partial charge in [0.1, 0.15) is 12.4 Å². The van der Waals surface area contributed by atoms with Gasteiger partial charge in [0.25, 0.3) is 0 Å². The third-order valence-electron chi connectivity index (χ3n) is 4.63. The highest BCUT2D eigenvalue weighted by Gasteiger charge is 2.45. The van der Waals surface area contributed by atoms with Crippen molar-refractivity contribution in [3.8, 4) is 0 Å². The summed E-state index contributed by atoms with van der Waals surface area (Å²) in [5, 5.41) is 3.52. The van der Waals surface area contributed by atoms with E-state index in [1.165, 1.54) is 29.2 Å². The Balaban J connectivity index is 1.48. The van der Waals surface area contributed by atoms with E-state index < -0.39 is 29.8 Å². The van der Waals surface area contributed by atoms with E-state index >= 15 is 0 Å². The number of hydrogen-bond acceptors (Lipinski definition) is 5. The van der Waals surface area contributed by atoms with Crippen LogP contribution in [0.2, 0.25) is 0 Å². The first-order valence-corrected chi connectivity index (χ1v) is 8.79. The number of nitrogens with one attached hydrogen (secondary N) is 2. The molecule has 9 heteroatoms. The summed E-state index contributed by atoms with van der Waals surface area (Å²) in [5.41, 5.74) is 4.12. The zero-order valence-electron chi connectivity index (χ0n) is 14.8. The molecule has 0 aromatic heterocycles. The normalized spacial score (nSPS) is 19.0. The second kappa shape index (κ2) is 7.28. The van der Waals surface area contributed by atoms with Crippen LogP contribution in [0.4, 0.5) is 15.8 Å². The molecule has 2 aliphatic rings. The Hall–Kier alpha value is -3.46. The molecule has 2 aromatic carbocycles. The highest BCUT2D eigenvalue weighted by molar-refractivity contribution is 6.35. The maximum atomic E-state index is 13.3. The highest BCUT2D eigenvalue weighted by Crippen LogP contribution is 2.24. The maximum absolute atomic E-state index is 13.3. The Morgan fingerprint density at radius 2 is 1.79 bits per heavy atom. The van der Waals surface area contributed by atoms with Crippen molar-refractivity contribution in [2.24, 2.45) is 0 Å². The Labute approximate surface area is 160 Å². The first kappa shape index (κ1) is 17.9. The van der Waals surface area contributed by atoms with Gasteiger partial charge in [0.05, 0.1) is 0 Å². The Morgan fingerprint density at radius 1 is 1.04 bits per heavy atom. The van der Waals surface area contributed by atoms with Gasteiger partial charge in [0, 0.05) is 24.5 Å². The minimum absolute atomic E-state index is 0.272. The van der Waals surface area contributed by atoms with E-state index in [2.05, 4.69) is 10.7 Å². The smallest absolute Gasteiger partial charge is 0.326 e. The van der Waals surface area contributed by atoms with E-state index in [0.29, 0.717) is 13.1 Å². The molecule has 2 aliphatic heterocycles. The molecule has 4 rings (SSSR count). The number of hydrogen-bond donors (Lipinski definition) is 2. The summed E-state index contributed by atoms with van der Waals surface area (Å²) in [7, 11) is 0. The molecule has 0 saturated carbocycles. The summed E-state index contributed by atoms with van der Waals surface area (Å²) in [4.78, 5) is 40.5. The number of carbonyl (C=O) groups excluding carboxylic acids is 3. The van der Waals surface area contributed by atoms with Gasteiger partial charge in [-0.25, -0.2) is 4.39 Å². The summed E-state index contributed by atoms with van der Waals surface area (Å²) >= 11 is 0. The van der Waals surface area contributed by atoms with Crippen LogP contribution in [0.3, 0.4) is 0 Å². The van der Waals surface area contributed by atoms with Crippen LogP contribution in [0.5, 0.6) is 0 Å². The van der Waals surface area contributed by atoms with E-state index in [1.807, 2.05) is 35.2 Å². The lowest BCUT2D eigenvalue weighted by atomic mass is 10.3. The summed E-state index contributed by atoms with van der Waals surface area (Å²) in [5.74, 6) is -2.50. The molecule has 2 aromatic rings. The summed E-state index contributed by atoms with van der Waals surface area (Å²) < 4.78 is 13.3. The summed E-state index contributed by atoms with van der Waals surface area (Å²) in [6.07, 6.45) is -0.561. The Morgan fingerprint density at radius 3 is 2.54 bits per heavy atom. The number of nitrogens with zero attached hydrogens (tertiary/aromatic N) is 3. The highest BCUT2D eigenvalue weighted by atomic mass is 19.1. The van der Waals surface area contributed by atoms with E-state index in [-0.39, 0.29) is 12.2 Å². The molecule has 144 valence electrons. The fraction of sp³-hybridized carbons (Fsp3) is 0.211. The van der Waals surface area contributed by atoms with Crippen molar-refractivity contribution in [3.05, 3.63) is 60.4 Å². The second-order valence-corrected chi connectivity index (χ2v) is 6.48. The molecule has 2 N–H and O–H groups in total. The zero-order chi connectivity index (χ0) is 19.7. The maximum Gasteiger partial charge on any atom is 0.326 e. The van der Waals surface area contributed by atoms with Gasteiger partial charge < -0.3 is 10.2 Å². The lowest BCUT2D eigenvalue weighted by molar-refractivity contribution is -0.163.